The van der Waals surface area contributed by atoms with Crippen LogP contribution in [0.2, 0.25) is 0 Å². The number of esters is 1. The van der Waals surface area contributed by atoms with Gasteiger partial charge >= 0.3 is 5.97 Å². The zero-order valence-corrected chi connectivity index (χ0v) is 11.5. The number of phenolic OH excluding ortho intramolecular Hbond substituents is 2. The number of aromatic hydroxyl groups is 2. The second-order valence-electron chi connectivity index (χ2n) is 4.09. The van der Waals surface area contributed by atoms with E-state index in [1.807, 2.05) is 0 Å². The molecule has 0 aliphatic rings. The monoisotopic (exact) mass is 290 g/mol. The van der Waals surface area contributed by atoms with E-state index in [0.29, 0.717) is 0 Å². The molecule has 2 aromatic carbocycles. The van der Waals surface area contributed by atoms with Crippen molar-refractivity contribution in [1.29, 1.82) is 0 Å². The molecule has 0 saturated carbocycles. The molecule has 0 atom stereocenters. The first-order chi connectivity index (χ1) is 10.1. The van der Waals surface area contributed by atoms with Crippen LogP contribution in [-0.4, -0.2) is 30.4 Å². The summed E-state index contributed by atoms with van der Waals surface area (Å²) in [6.45, 7) is 0. The normalized spacial score (nSPS) is 10.0. The van der Waals surface area contributed by atoms with Gasteiger partial charge in [0.25, 0.3) is 0 Å². The number of hydrogen-bond donors (Lipinski definition) is 2. The van der Waals surface area contributed by atoms with Crippen LogP contribution in [0.25, 0.3) is 0 Å². The molecule has 2 aromatic rings. The zero-order chi connectivity index (χ0) is 15.4. The Labute approximate surface area is 121 Å². The zero-order valence-electron chi connectivity index (χ0n) is 11.5. The minimum atomic E-state index is -0.715. The van der Waals surface area contributed by atoms with Crippen LogP contribution in [0.3, 0.4) is 0 Å². The summed E-state index contributed by atoms with van der Waals surface area (Å²) in [7, 11) is 2.71. The molecule has 0 bridgehead atoms. The van der Waals surface area contributed by atoms with E-state index in [0.717, 1.165) is 0 Å². The Morgan fingerprint density at radius 2 is 1.52 bits per heavy atom. The largest absolute Gasteiger partial charge is 0.504 e. The summed E-state index contributed by atoms with van der Waals surface area (Å²) in [5, 5.41) is 19.4. The van der Waals surface area contributed by atoms with Gasteiger partial charge in [0.05, 0.1) is 19.8 Å². The van der Waals surface area contributed by atoms with Gasteiger partial charge in [-0.2, -0.15) is 0 Å². The number of hydrogen-bond acceptors (Lipinski definition) is 6. The van der Waals surface area contributed by atoms with Gasteiger partial charge in [-0.05, 0) is 24.3 Å². The molecule has 6 heteroatoms. The van der Waals surface area contributed by atoms with Gasteiger partial charge < -0.3 is 24.4 Å². The molecule has 0 heterocycles. The van der Waals surface area contributed by atoms with Gasteiger partial charge in [-0.3, -0.25) is 0 Å². The number of phenols is 2. The molecule has 0 radical (unpaired) electrons. The topological polar surface area (TPSA) is 85.2 Å². The van der Waals surface area contributed by atoms with Crippen molar-refractivity contribution in [3.63, 3.8) is 0 Å². The van der Waals surface area contributed by atoms with Gasteiger partial charge in [0.1, 0.15) is 0 Å². The summed E-state index contributed by atoms with van der Waals surface area (Å²) < 4.78 is 15.0. The SMILES string of the molecule is COc1cc(C(=O)Oc2ccccc2O)cc(OC)c1O. The second-order valence-corrected chi connectivity index (χ2v) is 4.09. The lowest BCUT2D eigenvalue weighted by molar-refractivity contribution is 0.0729. The summed E-state index contributed by atoms with van der Waals surface area (Å²) >= 11 is 0. The number of carbonyl (C=O) groups excluding carboxylic acids is 1. The Hall–Kier alpha value is -2.89. The molecule has 0 saturated heterocycles. The minimum Gasteiger partial charge on any atom is -0.504 e. The Bertz CT molecular complexity index is 640. The molecule has 0 amide bonds. The highest BCUT2D eigenvalue weighted by Gasteiger charge is 2.18. The van der Waals surface area contributed by atoms with Crippen LogP contribution in [-0.2, 0) is 0 Å². The summed E-state index contributed by atoms with van der Waals surface area (Å²) in [6.07, 6.45) is 0. The van der Waals surface area contributed by atoms with Crippen molar-refractivity contribution in [2.45, 2.75) is 0 Å². The van der Waals surface area contributed by atoms with Crippen molar-refractivity contribution in [1.82, 2.24) is 0 Å². The number of para-hydroxylation sites is 2. The molecule has 0 fully saturated rings. The van der Waals surface area contributed by atoms with Crippen LogP contribution in [0.1, 0.15) is 10.4 Å². The summed E-state index contributed by atoms with van der Waals surface area (Å²) in [6, 6.07) is 8.74. The van der Waals surface area contributed by atoms with Crippen molar-refractivity contribution in [2.24, 2.45) is 0 Å². The fraction of sp³-hybridized carbons (Fsp3) is 0.133. The van der Waals surface area contributed by atoms with Crippen LogP contribution >= 0.6 is 0 Å². The Morgan fingerprint density at radius 3 is 2.05 bits per heavy atom. The van der Waals surface area contributed by atoms with Crippen molar-refractivity contribution < 1.29 is 29.2 Å². The van der Waals surface area contributed by atoms with Gasteiger partial charge in [0.15, 0.2) is 23.0 Å². The summed E-state index contributed by atoms with van der Waals surface area (Å²) in [5.74, 6) is -0.874. The van der Waals surface area contributed by atoms with Gasteiger partial charge in [-0.25, -0.2) is 4.79 Å². The fourth-order valence-corrected chi connectivity index (χ4v) is 1.71. The predicted molar refractivity (Wildman–Crippen MR) is 74.3 cm³/mol. The third-order valence-electron chi connectivity index (χ3n) is 2.78. The third kappa shape index (κ3) is 3.00. The highest BCUT2D eigenvalue weighted by Crippen LogP contribution is 2.37. The molecule has 2 rings (SSSR count). The van der Waals surface area contributed by atoms with Crippen molar-refractivity contribution in [3.8, 4) is 28.7 Å². The molecule has 110 valence electrons. The molecule has 2 N–H and O–H groups in total. The number of ether oxygens (including phenoxy) is 3. The molecule has 0 aromatic heterocycles. The highest BCUT2D eigenvalue weighted by atomic mass is 16.5. The summed E-state index contributed by atoms with van der Waals surface area (Å²) in [4.78, 5) is 12.1. The predicted octanol–water partition coefficient (Wildman–Crippen LogP) is 2.33. The first kappa shape index (κ1) is 14.5. The smallest absolute Gasteiger partial charge is 0.343 e. The quantitative estimate of drug-likeness (QED) is 0.664. The molecule has 21 heavy (non-hydrogen) atoms. The second kappa shape index (κ2) is 6.04. The van der Waals surface area contributed by atoms with Gasteiger partial charge in [-0.15, -0.1) is 0 Å². The van der Waals surface area contributed by atoms with E-state index in [9.17, 15) is 15.0 Å². The van der Waals surface area contributed by atoms with E-state index < -0.39 is 5.97 Å². The number of rotatable bonds is 4. The molecule has 0 spiro atoms. The fourth-order valence-electron chi connectivity index (χ4n) is 1.71. The lowest BCUT2D eigenvalue weighted by atomic mass is 10.2. The van der Waals surface area contributed by atoms with Crippen molar-refractivity contribution in [3.05, 3.63) is 42.0 Å². The van der Waals surface area contributed by atoms with Gasteiger partial charge in [0.2, 0.25) is 5.75 Å². The average molecular weight is 290 g/mol. The van der Waals surface area contributed by atoms with E-state index in [2.05, 4.69) is 0 Å². The maximum absolute atomic E-state index is 12.1. The minimum absolute atomic E-state index is 0.0357. The lowest BCUT2D eigenvalue weighted by Gasteiger charge is -2.11. The van der Waals surface area contributed by atoms with Crippen molar-refractivity contribution >= 4 is 5.97 Å². The van der Waals surface area contributed by atoms with Gasteiger partial charge in [-0.1, -0.05) is 12.1 Å². The van der Waals surface area contributed by atoms with Crippen molar-refractivity contribution in [2.75, 3.05) is 14.2 Å². The Morgan fingerprint density at radius 1 is 0.952 bits per heavy atom. The molecular weight excluding hydrogens is 276 g/mol. The maximum Gasteiger partial charge on any atom is 0.343 e. The van der Waals surface area contributed by atoms with Crippen LogP contribution in [0.15, 0.2) is 36.4 Å². The number of carbonyl (C=O) groups is 1. The van der Waals surface area contributed by atoms with E-state index in [1.165, 1.54) is 38.5 Å². The molecular formula is C15H14O6. The van der Waals surface area contributed by atoms with Crippen LogP contribution in [0.4, 0.5) is 0 Å². The van der Waals surface area contributed by atoms with E-state index in [-0.39, 0.29) is 34.3 Å². The molecule has 0 aliphatic heterocycles. The third-order valence-corrected chi connectivity index (χ3v) is 2.78. The number of methoxy groups -OCH3 is 2. The van der Waals surface area contributed by atoms with Crippen LogP contribution in [0, 0.1) is 0 Å². The molecule has 0 aliphatic carbocycles. The van der Waals surface area contributed by atoms with E-state index >= 15 is 0 Å². The summed E-state index contributed by atoms with van der Waals surface area (Å²) in [5.41, 5.74) is 0.116. The first-order valence-electron chi connectivity index (χ1n) is 6.02. The van der Waals surface area contributed by atoms with E-state index in [1.54, 1.807) is 12.1 Å². The molecule has 0 unspecified atom stereocenters. The van der Waals surface area contributed by atoms with Crippen LogP contribution < -0.4 is 14.2 Å². The average Bonchev–Trinajstić information content (AvgIpc) is 2.49. The molecule has 6 nitrogen and oxygen atoms in total. The first-order valence-corrected chi connectivity index (χ1v) is 6.02. The number of benzene rings is 2. The van der Waals surface area contributed by atoms with E-state index in [4.69, 9.17) is 14.2 Å². The maximum atomic E-state index is 12.1. The van der Waals surface area contributed by atoms with Gasteiger partial charge in [0, 0.05) is 0 Å². The lowest BCUT2D eigenvalue weighted by Crippen LogP contribution is -2.09. The Balaban J connectivity index is 2.33. The van der Waals surface area contributed by atoms with Crippen LogP contribution in [0.5, 0.6) is 28.7 Å². The highest BCUT2D eigenvalue weighted by molar-refractivity contribution is 5.93. The standard InChI is InChI=1S/C15H14O6/c1-19-12-7-9(8-13(20-2)14(12)17)15(18)21-11-6-4-3-5-10(11)16/h3-8,16-17H,1-2H3. The Kier molecular flexibility index (Phi) is 4.18.